The van der Waals surface area contributed by atoms with Crippen LogP contribution in [-0.4, -0.2) is 56.3 Å². The van der Waals surface area contributed by atoms with Gasteiger partial charge < -0.3 is 19.7 Å². The van der Waals surface area contributed by atoms with Crippen LogP contribution in [0.2, 0.25) is 0 Å². The van der Waals surface area contributed by atoms with Crippen LogP contribution in [0.4, 0.5) is 0 Å². The maximum absolute atomic E-state index is 12.7. The summed E-state index contributed by atoms with van der Waals surface area (Å²) in [6.45, 7) is 3.98. The van der Waals surface area contributed by atoms with Crippen LogP contribution in [0.5, 0.6) is 0 Å². The maximum atomic E-state index is 12.7. The quantitative estimate of drug-likeness (QED) is 0.0267. The SMILES string of the molecule is CC/C=C\C/C=C\C/C=C\C/C=C\C/C=C\C/C=C\CCC(=O)OCC(COP(=O)(O)OCCNC)OC(=O)CCCCCCCCCCC/C=C\C/C=C\CCCCC. The summed E-state index contributed by atoms with van der Waals surface area (Å²) < 4.78 is 33.2. The normalized spacial score (nSPS) is 14.1. The molecule has 0 aliphatic rings. The van der Waals surface area contributed by atoms with Crippen LogP contribution in [0.3, 0.4) is 0 Å². The summed E-state index contributed by atoms with van der Waals surface area (Å²) in [6.07, 6.45) is 57.5. The van der Waals surface area contributed by atoms with Gasteiger partial charge in [-0.1, -0.05) is 169 Å². The summed E-state index contributed by atoms with van der Waals surface area (Å²) in [5.41, 5.74) is 0. The number of likely N-dealkylation sites (N-methyl/N-ethyl adjacent to an activating group) is 1. The molecule has 2 atom stereocenters. The third-order valence-electron chi connectivity index (χ3n) is 9.20. The van der Waals surface area contributed by atoms with E-state index in [1.165, 1.54) is 57.8 Å². The summed E-state index contributed by atoms with van der Waals surface area (Å²) in [4.78, 5) is 35.1. The van der Waals surface area contributed by atoms with Gasteiger partial charge in [0, 0.05) is 19.4 Å². The summed E-state index contributed by atoms with van der Waals surface area (Å²) in [5, 5.41) is 2.82. The number of hydrogen-bond donors (Lipinski definition) is 2. The molecule has 0 aromatic carbocycles. The fraction of sp³-hybridized carbons (Fsp3) is 0.640. The van der Waals surface area contributed by atoms with Gasteiger partial charge in [-0.2, -0.15) is 0 Å². The Balaban J connectivity index is 4.32. The number of carbonyl (C=O) groups excluding carboxylic acids is 2. The van der Waals surface area contributed by atoms with Crippen LogP contribution in [0.15, 0.2) is 97.2 Å². The third kappa shape index (κ3) is 44.5. The van der Waals surface area contributed by atoms with E-state index in [0.29, 0.717) is 19.4 Å². The zero-order chi connectivity index (χ0) is 43.9. The highest BCUT2D eigenvalue weighted by molar-refractivity contribution is 7.47. The van der Waals surface area contributed by atoms with Crippen molar-refractivity contribution in [3.8, 4) is 0 Å². The van der Waals surface area contributed by atoms with Crippen LogP contribution in [-0.2, 0) is 32.7 Å². The Morgan fingerprint density at radius 3 is 1.48 bits per heavy atom. The Morgan fingerprint density at radius 2 is 0.983 bits per heavy atom. The van der Waals surface area contributed by atoms with Gasteiger partial charge in [-0.25, -0.2) is 4.57 Å². The van der Waals surface area contributed by atoms with Crippen LogP contribution in [0.1, 0.15) is 168 Å². The van der Waals surface area contributed by atoms with Crippen molar-refractivity contribution in [3.63, 3.8) is 0 Å². The van der Waals surface area contributed by atoms with Crippen LogP contribution in [0.25, 0.3) is 0 Å². The molecule has 0 spiro atoms. The van der Waals surface area contributed by atoms with Crippen molar-refractivity contribution < 1.29 is 37.6 Å². The number of hydrogen-bond acceptors (Lipinski definition) is 8. The highest BCUT2D eigenvalue weighted by atomic mass is 31.2. The molecule has 0 saturated heterocycles. The highest BCUT2D eigenvalue weighted by Gasteiger charge is 2.26. The number of phosphoric ester groups is 1. The molecule has 0 amide bonds. The monoisotopic (exact) mass is 858 g/mol. The molecule has 0 radical (unpaired) electrons. The Morgan fingerprint density at radius 1 is 0.533 bits per heavy atom. The van der Waals surface area contributed by atoms with Gasteiger partial charge in [0.15, 0.2) is 6.10 Å². The number of carbonyl (C=O) groups is 2. The summed E-state index contributed by atoms with van der Waals surface area (Å²) in [7, 11) is -2.69. The van der Waals surface area contributed by atoms with Gasteiger partial charge in [-0.05, 0) is 90.5 Å². The van der Waals surface area contributed by atoms with Gasteiger partial charge >= 0.3 is 19.8 Å². The fourth-order valence-electron chi connectivity index (χ4n) is 5.73. The number of rotatable bonds is 42. The van der Waals surface area contributed by atoms with Crippen molar-refractivity contribution in [2.45, 2.75) is 174 Å². The predicted molar refractivity (Wildman–Crippen MR) is 252 cm³/mol. The highest BCUT2D eigenvalue weighted by Crippen LogP contribution is 2.43. The van der Waals surface area contributed by atoms with E-state index in [4.69, 9.17) is 18.5 Å². The minimum atomic E-state index is -4.38. The smallest absolute Gasteiger partial charge is 0.462 e. The third-order valence-corrected chi connectivity index (χ3v) is 10.2. The molecule has 60 heavy (non-hydrogen) atoms. The molecule has 0 rings (SSSR count). The van der Waals surface area contributed by atoms with E-state index in [1.54, 1.807) is 7.05 Å². The molecule has 0 aromatic heterocycles. The first-order valence-electron chi connectivity index (χ1n) is 23.2. The molecule has 0 bridgehead atoms. The van der Waals surface area contributed by atoms with E-state index in [-0.39, 0.29) is 26.1 Å². The van der Waals surface area contributed by atoms with Gasteiger partial charge in [0.05, 0.1) is 13.2 Å². The summed E-state index contributed by atoms with van der Waals surface area (Å²) in [5.74, 6) is -0.917. The van der Waals surface area contributed by atoms with Crippen molar-refractivity contribution in [2.75, 3.05) is 33.4 Å². The average Bonchev–Trinajstić information content (AvgIpc) is 3.23. The van der Waals surface area contributed by atoms with Crippen molar-refractivity contribution in [3.05, 3.63) is 97.2 Å². The number of allylic oxidation sites excluding steroid dienone is 16. The molecular formula is C50H84NO8P. The molecule has 0 saturated carbocycles. The average molecular weight is 858 g/mol. The molecule has 2 unspecified atom stereocenters. The first kappa shape index (κ1) is 56.9. The molecule has 342 valence electrons. The lowest BCUT2D eigenvalue weighted by atomic mass is 10.1. The fourth-order valence-corrected chi connectivity index (χ4v) is 6.48. The molecular weight excluding hydrogens is 774 g/mol. The molecule has 10 heteroatoms. The van der Waals surface area contributed by atoms with Crippen LogP contribution in [0, 0.1) is 0 Å². The Bertz CT molecular complexity index is 1300. The molecule has 0 aromatic rings. The minimum Gasteiger partial charge on any atom is -0.462 e. The van der Waals surface area contributed by atoms with Crippen LogP contribution >= 0.6 is 7.82 Å². The second-order valence-electron chi connectivity index (χ2n) is 14.8. The summed E-state index contributed by atoms with van der Waals surface area (Å²) in [6, 6.07) is 0. The van der Waals surface area contributed by atoms with Gasteiger partial charge in [0.1, 0.15) is 6.61 Å². The lowest BCUT2D eigenvalue weighted by Gasteiger charge is -2.20. The first-order chi connectivity index (χ1) is 29.3. The largest absolute Gasteiger partial charge is 0.472 e. The molecule has 9 nitrogen and oxygen atoms in total. The molecule has 0 aliphatic heterocycles. The van der Waals surface area contributed by atoms with Crippen molar-refractivity contribution in [1.29, 1.82) is 0 Å². The van der Waals surface area contributed by atoms with Crippen LogP contribution < -0.4 is 5.32 Å². The minimum absolute atomic E-state index is 0.0342. The van der Waals surface area contributed by atoms with Crippen molar-refractivity contribution in [1.82, 2.24) is 5.32 Å². The van der Waals surface area contributed by atoms with E-state index in [0.717, 1.165) is 70.6 Å². The Labute approximate surface area is 366 Å². The van der Waals surface area contributed by atoms with Crippen molar-refractivity contribution in [2.24, 2.45) is 0 Å². The number of phosphoric acid groups is 1. The Kier molecular flexibility index (Phi) is 43.1. The molecule has 0 aliphatic carbocycles. The van der Waals surface area contributed by atoms with Gasteiger partial charge in [0.25, 0.3) is 0 Å². The van der Waals surface area contributed by atoms with E-state index in [2.05, 4.69) is 104 Å². The second kappa shape index (κ2) is 45.5. The van der Waals surface area contributed by atoms with Gasteiger partial charge in [-0.15, -0.1) is 0 Å². The lowest BCUT2D eigenvalue weighted by Crippen LogP contribution is -2.29. The predicted octanol–water partition coefficient (Wildman–Crippen LogP) is 13.6. The summed E-state index contributed by atoms with van der Waals surface area (Å²) >= 11 is 0. The van der Waals surface area contributed by atoms with E-state index in [9.17, 15) is 19.0 Å². The number of nitrogens with one attached hydrogen (secondary N) is 1. The van der Waals surface area contributed by atoms with E-state index >= 15 is 0 Å². The van der Waals surface area contributed by atoms with E-state index < -0.39 is 32.5 Å². The van der Waals surface area contributed by atoms with Gasteiger partial charge in [-0.3, -0.25) is 18.6 Å². The Hall–Kier alpha value is -3.07. The van der Waals surface area contributed by atoms with E-state index in [1.807, 2.05) is 12.2 Å². The zero-order valence-electron chi connectivity index (χ0n) is 37.9. The molecule has 0 fully saturated rings. The lowest BCUT2D eigenvalue weighted by molar-refractivity contribution is -0.161. The zero-order valence-corrected chi connectivity index (χ0v) is 38.8. The van der Waals surface area contributed by atoms with Gasteiger partial charge in [0.2, 0.25) is 0 Å². The topological polar surface area (TPSA) is 120 Å². The van der Waals surface area contributed by atoms with Crippen molar-refractivity contribution >= 4 is 19.8 Å². The molecule has 0 heterocycles. The standard InChI is InChI=1S/C50H84NO8P/c1-4-6-8-10-12-14-16-18-20-22-24-26-28-30-32-34-36-38-40-42-49(52)56-46-48(47-58-60(54,55)57-45-44-51-3)59-50(53)43-41-39-37-35-33-31-29-27-25-23-21-19-17-15-13-11-9-7-5-2/h6,8,12-15,18-21,24,26,30,32,36,38,48,51H,4-5,7,9-11,16-17,22-23,25,27-29,31,33-35,37,39-47H2,1-3H3,(H,54,55)/b8-6-,14-12-,15-13-,20-18-,21-19-,26-24-,32-30-,38-36-. The first-order valence-corrected chi connectivity index (χ1v) is 24.7. The number of esters is 2. The second-order valence-corrected chi connectivity index (χ2v) is 16.3. The number of ether oxygens (including phenoxy) is 2. The number of unbranched alkanes of at least 4 members (excludes halogenated alkanes) is 12. The molecule has 2 N–H and O–H groups in total. The maximum Gasteiger partial charge on any atom is 0.472 e.